The molecule has 2 nitrogen and oxygen atoms in total. The van der Waals surface area contributed by atoms with Crippen LogP contribution in [-0.2, 0) is 0 Å². The van der Waals surface area contributed by atoms with Crippen LogP contribution in [0, 0.1) is 0 Å². The van der Waals surface area contributed by atoms with E-state index in [1.807, 2.05) is 0 Å². The van der Waals surface area contributed by atoms with Crippen molar-refractivity contribution in [3.8, 4) is 0 Å². The molecule has 0 spiro atoms. The lowest BCUT2D eigenvalue weighted by Crippen LogP contribution is -2.10. The van der Waals surface area contributed by atoms with Gasteiger partial charge in [0.2, 0.25) is 6.34 Å². The van der Waals surface area contributed by atoms with E-state index in [1.165, 1.54) is 25.9 Å². The Morgan fingerprint density at radius 3 is 3.11 bits per heavy atom. The minimum absolute atomic E-state index is 1.13. The van der Waals surface area contributed by atoms with Gasteiger partial charge in [0, 0.05) is 0 Å². The summed E-state index contributed by atoms with van der Waals surface area (Å²) in [6.07, 6.45) is 4.71. The molecule has 2 heteroatoms. The lowest BCUT2D eigenvalue weighted by atomic mass is 10.3. The van der Waals surface area contributed by atoms with E-state index in [9.17, 15) is 0 Å². The quantitative estimate of drug-likeness (QED) is 0.543. The molecule has 0 aliphatic carbocycles. The van der Waals surface area contributed by atoms with E-state index in [-0.39, 0.29) is 0 Å². The summed E-state index contributed by atoms with van der Waals surface area (Å²) in [5, 5.41) is 3.18. The SMILES string of the molecule is CCCC[N+]1=CNCC1. The molecule has 0 aromatic rings. The molecule has 0 saturated carbocycles. The van der Waals surface area contributed by atoms with Gasteiger partial charge in [-0.15, -0.1) is 0 Å². The number of nitrogens with zero attached hydrogens (tertiary/aromatic N) is 1. The molecule has 0 aromatic carbocycles. The largest absolute Gasteiger partial charge is 0.277 e. The Bertz CT molecular complexity index is 107. The second-order valence-electron chi connectivity index (χ2n) is 2.47. The molecule has 0 unspecified atom stereocenters. The molecule has 9 heavy (non-hydrogen) atoms. The van der Waals surface area contributed by atoms with Crippen molar-refractivity contribution in [2.75, 3.05) is 19.6 Å². The summed E-state index contributed by atoms with van der Waals surface area (Å²) < 4.78 is 2.34. The van der Waals surface area contributed by atoms with Gasteiger partial charge in [-0.2, -0.15) is 0 Å². The van der Waals surface area contributed by atoms with Crippen LogP contribution in [0.1, 0.15) is 19.8 Å². The Morgan fingerprint density at radius 2 is 2.56 bits per heavy atom. The first-order chi connectivity index (χ1) is 4.43. The molecule has 0 fully saturated rings. The predicted octanol–water partition coefficient (Wildman–Crippen LogP) is 0.430. The van der Waals surface area contributed by atoms with Gasteiger partial charge in [-0.3, -0.25) is 9.89 Å². The normalized spacial score (nSPS) is 17.2. The molecular weight excluding hydrogens is 112 g/mol. The maximum absolute atomic E-state index is 3.18. The summed E-state index contributed by atoms with van der Waals surface area (Å²) in [6, 6.07) is 0. The van der Waals surface area contributed by atoms with E-state index in [4.69, 9.17) is 0 Å². The third-order valence-corrected chi connectivity index (χ3v) is 1.62. The molecular formula is C7H15N2+. The fraction of sp³-hybridized carbons (Fsp3) is 0.857. The van der Waals surface area contributed by atoms with Gasteiger partial charge in [0.25, 0.3) is 0 Å². The van der Waals surface area contributed by atoms with Crippen LogP contribution in [0.4, 0.5) is 0 Å². The van der Waals surface area contributed by atoms with Crippen LogP contribution >= 0.6 is 0 Å². The van der Waals surface area contributed by atoms with Crippen molar-refractivity contribution in [1.29, 1.82) is 0 Å². The first-order valence-corrected chi connectivity index (χ1v) is 3.74. The molecule has 1 aliphatic rings. The standard InChI is InChI=1S/C7H14N2/c1-2-3-5-9-6-4-8-7-9/h7H,2-6H2,1H3/p+1. The lowest BCUT2D eigenvalue weighted by Gasteiger charge is -1.95. The third kappa shape index (κ3) is 2.04. The number of nitrogens with one attached hydrogen (secondary N) is 1. The highest BCUT2D eigenvalue weighted by molar-refractivity contribution is 5.49. The van der Waals surface area contributed by atoms with Crippen molar-refractivity contribution in [1.82, 2.24) is 5.32 Å². The third-order valence-electron chi connectivity index (χ3n) is 1.62. The second kappa shape index (κ2) is 3.49. The first kappa shape index (κ1) is 6.59. The van der Waals surface area contributed by atoms with Crippen molar-refractivity contribution < 1.29 is 4.58 Å². The molecule has 1 heterocycles. The Morgan fingerprint density at radius 1 is 1.67 bits per heavy atom. The number of hydrogen-bond acceptors (Lipinski definition) is 1. The molecule has 1 N–H and O–H groups in total. The summed E-state index contributed by atoms with van der Waals surface area (Å²) in [6.45, 7) is 5.77. The second-order valence-corrected chi connectivity index (χ2v) is 2.47. The molecule has 0 radical (unpaired) electrons. The maximum Gasteiger partial charge on any atom is 0.232 e. The molecule has 1 aliphatic heterocycles. The zero-order valence-corrected chi connectivity index (χ0v) is 6.06. The zero-order valence-electron chi connectivity index (χ0n) is 6.06. The van der Waals surface area contributed by atoms with E-state index in [0.29, 0.717) is 0 Å². The highest BCUT2D eigenvalue weighted by atomic mass is 15.1. The van der Waals surface area contributed by atoms with Crippen molar-refractivity contribution in [2.45, 2.75) is 19.8 Å². The molecule has 52 valence electrons. The van der Waals surface area contributed by atoms with Gasteiger partial charge < -0.3 is 0 Å². The van der Waals surface area contributed by atoms with Gasteiger partial charge >= 0.3 is 0 Å². The zero-order chi connectivity index (χ0) is 6.53. The number of hydrogen-bond donors (Lipinski definition) is 1. The van der Waals surface area contributed by atoms with Crippen LogP contribution < -0.4 is 5.32 Å². The summed E-state index contributed by atoms with van der Waals surface area (Å²) in [4.78, 5) is 0. The molecule has 1 rings (SSSR count). The van der Waals surface area contributed by atoms with E-state index in [2.05, 4.69) is 23.2 Å². The van der Waals surface area contributed by atoms with Gasteiger partial charge in [-0.05, 0) is 6.42 Å². The Kier molecular flexibility index (Phi) is 2.55. The van der Waals surface area contributed by atoms with Crippen LogP contribution in [0.25, 0.3) is 0 Å². The van der Waals surface area contributed by atoms with Crippen LogP contribution in [-0.4, -0.2) is 30.5 Å². The van der Waals surface area contributed by atoms with E-state index < -0.39 is 0 Å². The van der Waals surface area contributed by atoms with Crippen LogP contribution in [0.2, 0.25) is 0 Å². The van der Waals surface area contributed by atoms with Gasteiger partial charge in [0.05, 0.1) is 6.54 Å². The minimum atomic E-state index is 1.13. The van der Waals surface area contributed by atoms with Crippen LogP contribution in [0.5, 0.6) is 0 Å². The predicted molar refractivity (Wildman–Crippen MR) is 39.0 cm³/mol. The van der Waals surface area contributed by atoms with Gasteiger partial charge in [-0.25, -0.2) is 0 Å². The summed E-state index contributed by atoms with van der Waals surface area (Å²) >= 11 is 0. The molecule has 0 aromatic heterocycles. The summed E-state index contributed by atoms with van der Waals surface area (Å²) in [7, 11) is 0. The first-order valence-electron chi connectivity index (χ1n) is 3.74. The van der Waals surface area contributed by atoms with Crippen LogP contribution in [0.15, 0.2) is 0 Å². The van der Waals surface area contributed by atoms with Gasteiger partial charge in [-0.1, -0.05) is 13.3 Å². The average Bonchev–Trinajstić information content (AvgIpc) is 2.34. The summed E-state index contributed by atoms with van der Waals surface area (Å²) in [5.74, 6) is 0. The number of unbranched alkanes of at least 4 members (excludes halogenated alkanes) is 1. The fourth-order valence-corrected chi connectivity index (χ4v) is 1.00. The lowest BCUT2D eigenvalue weighted by molar-refractivity contribution is -0.514. The molecule has 0 saturated heterocycles. The molecule has 0 amide bonds. The molecule has 0 bridgehead atoms. The van der Waals surface area contributed by atoms with Crippen LogP contribution in [0.3, 0.4) is 0 Å². The van der Waals surface area contributed by atoms with Crippen molar-refractivity contribution in [3.05, 3.63) is 0 Å². The molecule has 0 atom stereocenters. The maximum atomic E-state index is 3.18. The Hall–Kier alpha value is -0.530. The minimum Gasteiger partial charge on any atom is -0.277 e. The highest BCUT2D eigenvalue weighted by Gasteiger charge is 2.05. The van der Waals surface area contributed by atoms with E-state index >= 15 is 0 Å². The average molecular weight is 127 g/mol. The van der Waals surface area contributed by atoms with Crippen molar-refractivity contribution >= 4 is 6.34 Å². The van der Waals surface area contributed by atoms with Gasteiger partial charge in [0.1, 0.15) is 13.1 Å². The summed E-state index contributed by atoms with van der Waals surface area (Å²) in [5.41, 5.74) is 0. The van der Waals surface area contributed by atoms with E-state index in [1.54, 1.807) is 0 Å². The van der Waals surface area contributed by atoms with Gasteiger partial charge in [0.15, 0.2) is 0 Å². The van der Waals surface area contributed by atoms with Crippen molar-refractivity contribution in [3.63, 3.8) is 0 Å². The highest BCUT2D eigenvalue weighted by Crippen LogP contribution is 1.88. The monoisotopic (exact) mass is 127 g/mol. The smallest absolute Gasteiger partial charge is 0.232 e. The Balaban J connectivity index is 2.11. The Labute approximate surface area is 56.6 Å². The van der Waals surface area contributed by atoms with E-state index in [0.717, 1.165) is 6.54 Å². The van der Waals surface area contributed by atoms with Crippen molar-refractivity contribution in [2.24, 2.45) is 0 Å². The number of rotatable bonds is 3. The fourth-order valence-electron chi connectivity index (χ4n) is 1.00. The topological polar surface area (TPSA) is 15.0 Å².